The van der Waals surface area contributed by atoms with Gasteiger partial charge in [0.1, 0.15) is 6.33 Å². The highest BCUT2D eigenvalue weighted by Crippen LogP contribution is 2.37. The topological polar surface area (TPSA) is 42.7 Å². The molecule has 0 unspecified atom stereocenters. The first-order chi connectivity index (χ1) is 11.2. The van der Waals surface area contributed by atoms with Gasteiger partial charge >= 0.3 is 0 Å². The quantitative estimate of drug-likeness (QED) is 0.777. The van der Waals surface area contributed by atoms with Gasteiger partial charge in [0, 0.05) is 0 Å². The molecule has 3 aromatic rings. The molecule has 1 aliphatic heterocycles. The van der Waals surface area contributed by atoms with Crippen LogP contribution in [0.25, 0.3) is 0 Å². The van der Waals surface area contributed by atoms with Crippen LogP contribution in [-0.4, -0.2) is 14.8 Å². The number of aryl methyl sites for hydroxylation is 2. The number of hydrogen-bond donors (Lipinski definition) is 1. The standard InChI is InChI=1S/C19H20N4/c1-13-3-7-15(8-4-13)17-11-18(16-9-5-14(2)6-10-16)23-19(22-17)20-12-21-23/h3-10,12,17-18H,11H2,1-2H3,(H,20,21,22)/t17-,18+/m0/s1. The molecular formula is C19H20N4. The van der Waals surface area contributed by atoms with Gasteiger partial charge in [0.25, 0.3) is 0 Å². The van der Waals surface area contributed by atoms with Gasteiger partial charge in [0.05, 0.1) is 12.1 Å². The van der Waals surface area contributed by atoms with Crippen LogP contribution < -0.4 is 5.32 Å². The molecule has 4 heteroatoms. The highest BCUT2D eigenvalue weighted by atomic mass is 15.4. The van der Waals surface area contributed by atoms with Crippen LogP contribution in [-0.2, 0) is 0 Å². The summed E-state index contributed by atoms with van der Waals surface area (Å²) in [5, 5.41) is 7.94. The van der Waals surface area contributed by atoms with Gasteiger partial charge in [-0.05, 0) is 31.4 Å². The molecule has 1 N–H and O–H groups in total. The summed E-state index contributed by atoms with van der Waals surface area (Å²) < 4.78 is 2.00. The Bertz CT molecular complexity index is 802. The number of fused-ring (bicyclic) bond motifs is 1. The second-order valence-corrected chi connectivity index (χ2v) is 6.30. The van der Waals surface area contributed by atoms with Gasteiger partial charge in [0.2, 0.25) is 5.95 Å². The largest absolute Gasteiger partial charge is 0.348 e. The third kappa shape index (κ3) is 2.61. The fourth-order valence-electron chi connectivity index (χ4n) is 3.20. The molecule has 0 amide bonds. The van der Waals surface area contributed by atoms with Crippen LogP contribution in [0.5, 0.6) is 0 Å². The Morgan fingerprint density at radius 3 is 2.17 bits per heavy atom. The van der Waals surface area contributed by atoms with E-state index in [1.165, 1.54) is 22.3 Å². The number of aromatic nitrogens is 3. The molecule has 0 fully saturated rings. The monoisotopic (exact) mass is 304 g/mol. The maximum atomic E-state index is 4.42. The second kappa shape index (κ2) is 5.54. The highest BCUT2D eigenvalue weighted by Gasteiger charge is 2.29. The molecule has 0 saturated heterocycles. The van der Waals surface area contributed by atoms with E-state index in [1.807, 2.05) is 4.68 Å². The van der Waals surface area contributed by atoms with E-state index in [4.69, 9.17) is 0 Å². The summed E-state index contributed by atoms with van der Waals surface area (Å²) in [5.74, 6) is 0.840. The van der Waals surface area contributed by atoms with Crippen molar-refractivity contribution in [2.24, 2.45) is 0 Å². The first kappa shape index (κ1) is 14.0. The third-order valence-corrected chi connectivity index (χ3v) is 4.57. The molecule has 0 bridgehead atoms. The molecule has 0 radical (unpaired) electrons. The Kier molecular flexibility index (Phi) is 3.37. The van der Waals surface area contributed by atoms with E-state index in [0.29, 0.717) is 0 Å². The van der Waals surface area contributed by atoms with Gasteiger partial charge in [-0.2, -0.15) is 10.1 Å². The van der Waals surface area contributed by atoms with Gasteiger partial charge in [-0.25, -0.2) is 4.68 Å². The van der Waals surface area contributed by atoms with Crippen molar-refractivity contribution < 1.29 is 0 Å². The lowest BCUT2D eigenvalue weighted by molar-refractivity contribution is 0.431. The van der Waals surface area contributed by atoms with Crippen molar-refractivity contribution in [1.29, 1.82) is 0 Å². The van der Waals surface area contributed by atoms with E-state index in [0.717, 1.165) is 12.4 Å². The Morgan fingerprint density at radius 1 is 0.913 bits per heavy atom. The number of nitrogens with zero attached hydrogens (tertiary/aromatic N) is 3. The van der Waals surface area contributed by atoms with Crippen molar-refractivity contribution in [1.82, 2.24) is 14.8 Å². The first-order valence-electron chi connectivity index (χ1n) is 8.00. The van der Waals surface area contributed by atoms with Crippen LogP contribution >= 0.6 is 0 Å². The van der Waals surface area contributed by atoms with Crippen molar-refractivity contribution in [3.63, 3.8) is 0 Å². The van der Waals surface area contributed by atoms with E-state index < -0.39 is 0 Å². The van der Waals surface area contributed by atoms with Crippen molar-refractivity contribution in [2.45, 2.75) is 32.4 Å². The molecule has 0 saturated carbocycles. The van der Waals surface area contributed by atoms with E-state index in [9.17, 15) is 0 Å². The summed E-state index contributed by atoms with van der Waals surface area (Å²) in [7, 11) is 0. The molecule has 4 nitrogen and oxygen atoms in total. The number of hydrogen-bond acceptors (Lipinski definition) is 3. The Hall–Kier alpha value is -2.62. The third-order valence-electron chi connectivity index (χ3n) is 4.57. The lowest BCUT2D eigenvalue weighted by atomic mass is 9.92. The van der Waals surface area contributed by atoms with Crippen molar-refractivity contribution in [3.05, 3.63) is 77.1 Å². The average molecular weight is 304 g/mol. The SMILES string of the molecule is Cc1ccc([C@@H]2C[C@H](c3ccc(C)cc3)n3ncnc3N2)cc1. The molecule has 23 heavy (non-hydrogen) atoms. The number of rotatable bonds is 2. The second-order valence-electron chi connectivity index (χ2n) is 6.30. The zero-order valence-corrected chi connectivity index (χ0v) is 13.4. The highest BCUT2D eigenvalue weighted by molar-refractivity contribution is 5.39. The number of nitrogens with one attached hydrogen (secondary N) is 1. The minimum absolute atomic E-state index is 0.209. The van der Waals surface area contributed by atoms with Crippen LogP contribution in [0.2, 0.25) is 0 Å². The summed E-state index contributed by atoms with van der Waals surface area (Å²) in [6.07, 6.45) is 2.59. The van der Waals surface area contributed by atoms with Crippen molar-refractivity contribution in [3.8, 4) is 0 Å². The zero-order chi connectivity index (χ0) is 15.8. The van der Waals surface area contributed by atoms with E-state index in [1.54, 1.807) is 6.33 Å². The van der Waals surface area contributed by atoms with Gasteiger partial charge in [-0.1, -0.05) is 59.7 Å². The molecule has 2 aromatic carbocycles. The smallest absolute Gasteiger partial charge is 0.222 e. The summed E-state index contributed by atoms with van der Waals surface area (Å²) in [6, 6.07) is 17.9. The van der Waals surface area contributed by atoms with Crippen LogP contribution in [0.4, 0.5) is 5.95 Å². The molecule has 1 aliphatic rings. The predicted octanol–water partition coefficient (Wildman–Crippen LogP) is 4.04. The van der Waals surface area contributed by atoms with Gasteiger partial charge < -0.3 is 5.32 Å². The van der Waals surface area contributed by atoms with E-state index in [2.05, 4.69) is 77.8 Å². The maximum absolute atomic E-state index is 4.42. The number of anilines is 1. The molecule has 116 valence electrons. The Labute approximate surface area is 136 Å². The van der Waals surface area contributed by atoms with E-state index >= 15 is 0 Å². The predicted molar refractivity (Wildman–Crippen MR) is 91.5 cm³/mol. The summed E-state index contributed by atoms with van der Waals surface area (Å²) in [4.78, 5) is 4.38. The van der Waals surface area contributed by atoms with Gasteiger partial charge in [-0.15, -0.1) is 0 Å². The van der Waals surface area contributed by atoms with Gasteiger partial charge in [-0.3, -0.25) is 0 Å². The van der Waals surface area contributed by atoms with Crippen LogP contribution in [0.15, 0.2) is 54.9 Å². The maximum Gasteiger partial charge on any atom is 0.222 e. The minimum Gasteiger partial charge on any atom is -0.348 e. The fourth-order valence-corrected chi connectivity index (χ4v) is 3.20. The fraction of sp³-hybridized carbons (Fsp3) is 0.263. The van der Waals surface area contributed by atoms with Crippen LogP contribution in [0.1, 0.15) is 40.8 Å². The zero-order valence-electron chi connectivity index (χ0n) is 13.4. The van der Waals surface area contributed by atoms with E-state index in [-0.39, 0.29) is 12.1 Å². The summed E-state index contributed by atoms with van der Waals surface area (Å²) in [5.41, 5.74) is 5.13. The van der Waals surface area contributed by atoms with Gasteiger partial charge in [0.15, 0.2) is 0 Å². The number of benzene rings is 2. The van der Waals surface area contributed by atoms with Crippen molar-refractivity contribution >= 4 is 5.95 Å². The first-order valence-corrected chi connectivity index (χ1v) is 8.00. The summed E-state index contributed by atoms with van der Waals surface area (Å²) in [6.45, 7) is 4.23. The Morgan fingerprint density at radius 2 is 1.52 bits per heavy atom. The average Bonchev–Trinajstić information content (AvgIpc) is 3.04. The molecule has 1 aromatic heterocycles. The minimum atomic E-state index is 0.209. The molecular weight excluding hydrogens is 284 g/mol. The lowest BCUT2D eigenvalue weighted by Crippen LogP contribution is -2.28. The molecule has 0 aliphatic carbocycles. The lowest BCUT2D eigenvalue weighted by Gasteiger charge is -2.32. The Balaban J connectivity index is 1.71. The molecule has 2 atom stereocenters. The van der Waals surface area contributed by atoms with Crippen LogP contribution in [0.3, 0.4) is 0 Å². The van der Waals surface area contributed by atoms with Crippen molar-refractivity contribution in [2.75, 3.05) is 5.32 Å². The molecule has 2 heterocycles. The van der Waals surface area contributed by atoms with Crippen LogP contribution in [0, 0.1) is 13.8 Å². The normalized spacial score (nSPS) is 19.9. The molecule has 4 rings (SSSR count). The summed E-state index contributed by atoms with van der Waals surface area (Å²) >= 11 is 0. The molecule has 0 spiro atoms.